The second kappa shape index (κ2) is 5.13. The second-order valence-corrected chi connectivity index (χ2v) is 4.05. The van der Waals surface area contributed by atoms with Crippen molar-refractivity contribution in [2.24, 2.45) is 0 Å². The highest BCUT2D eigenvalue weighted by Gasteiger charge is 2.30. The summed E-state index contributed by atoms with van der Waals surface area (Å²) in [4.78, 5) is 19.9. The van der Waals surface area contributed by atoms with Gasteiger partial charge in [-0.05, 0) is 12.8 Å². The topological polar surface area (TPSA) is 102 Å². The number of piperidine rings is 1. The third kappa shape index (κ3) is 2.33. The first-order valence-corrected chi connectivity index (χ1v) is 5.60. The summed E-state index contributed by atoms with van der Waals surface area (Å²) in [6.45, 7) is 0.957. The molecule has 1 fully saturated rings. The Morgan fingerprint density at radius 2 is 2.39 bits per heavy atom. The number of methoxy groups -OCH3 is 1. The molecule has 1 saturated heterocycles. The molecule has 8 nitrogen and oxygen atoms in total. The van der Waals surface area contributed by atoms with Crippen molar-refractivity contribution in [3.63, 3.8) is 0 Å². The summed E-state index contributed by atoms with van der Waals surface area (Å²) in [5, 5.41) is 20.7. The third-order valence-electron chi connectivity index (χ3n) is 2.84. The first kappa shape index (κ1) is 12.5. The summed E-state index contributed by atoms with van der Waals surface area (Å²) in [7, 11) is 1.32. The first-order valence-electron chi connectivity index (χ1n) is 5.60. The van der Waals surface area contributed by atoms with Gasteiger partial charge >= 0.3 is 5.69 Å². The molecule has 18 heavy (non-hydrogen) atoms. The van der Waals surface area contributed by atoms with Gasteiger partial charge in [0.05, 0.1) is 18.1 Å². The SMILES string of the molecule is COc1ncnc(N2CCC[C@H](O)C2)c1[N+](=O)[O-]. The molecule has 98 valence electrons. The summed E-state index contributed by atoms with van der Waals surface area (Å²) >= 11 is 0. The fourth-order valence-corrected chi connectivity index (χ4v) is 2.04. The van der Waals surface area contributed by atoms with Gasteiger partial charge in [-0.15, -0.1) is 0 Å². The van der Waals surface area contributed by atoms with Crippen molar-refractivity contribution in [2.75, 3.05) is 25.1 Å². The Morgan fingerprint density at radius 1 is 1.61 bits per heavy atom. The number of nitrogens with zero attached hydrogens (tertiary/aromatic N) is 4. The number of aromatic nitrogens is 2. The summed E-state index contributed by atoms with van der Waals surface area (Å²) < 4.78 is 4.88. The normalized spacial score (nSPS) is 19.7. The van der Waals surface area contributed by atoms with Crippen LogP contribution in [0.5, 0.6) is 5.88 Å². The first-order chi connectivity index (χ1) is 8.63. The maximum absolute atomic E-state index is 11.1. The molecular weight excluding hydrogens is 240 g/mol. The lowest BCUT2D eigenvalue weighted by molar-refractivity contribution is -0.385. The number of β-amino-alcohol motifs (C(OH)–C–C–N with tert-alkyl or cyclic N) is 1. The van der Waals surface area contributed by atoms with Gasteiger partial charge in [0, 0.05) is 13.1 Å². The summed E-state index contributed by atoms with van der Waals surface area (Å²) in [5.74, 6) is 0.135. The van der Waals surface area contributed by atoms with Crippen molar-refractivity contribution >= 4 is 11.5 Å². The zero-order chi connectivity index (χ0) is 13.1. The van der Waals surface area contributed by atoms with Gasteiger partial charge in [0.25, 0.3) is 5.88 Å². The minimum absolute atomic E-state index is 0.0648. The molecule has 0 amide bonds. The third-order valence-corrected chi connectivity index (χ3v) is 2.84. The van der Waals surface area contributed by atoms with E-state index >= 15 is 0 Å². The number of ether oxygens (including phenoxy) is 1. The Kier molecular flexibility index (Phi) is 3.56. The molecule has 0 radical (unpaired) electrons. The predicted octanol–water partition coefficient (Wildman–Crippen LogP) is 0.354. The van der Waals surface area contributed by atoms with Crippen molar-refractivity contribution in [1.82, 2.24) is 9.97 Å². The van der Waals surface area contributed by atoms with Gasteiger partial charge in [0.1, 0.15) is 6.33 Å². The van der Waals surface area contributed by atoms with Gasteiger partial charge in [-0.2, -0.15) is 4.98 Å². The highest BCUT2D eigenvalue weighted by molar-refractivity contribution is 5.62. The summed E-state index contributed by atoms with van der Waals surface area (Å²) in [6.07, 6.45) is 2.21. The molecular formula is C10H14N4O4. The van der Waals surface area contributed by atoms with Crippen LogP contribution >= 0.6 is 0 Å². The molecule has 2 rings (SSSR count). The van der Waals surface area contributed by atoms with Crippen LogP contribution in [0.2, 0.25) is 0 Å². The zero-order valence-corrected chi connectivity index (χ0v) is 9.94. The molecule has 8 heteroatoms. The van der Waals surface area contributed by atoms with Crippen LogP contribution in [0.15, 0.2) is 6.33 Å². The monoisotopic (exact) mass is 254 g/mol. The molecule has 1 aromatic heterocycles. The van der Waals surface area contributed by atoms with E-state index in [0.29, 0.717) is 19.5 Å². The van der Waals surface area contributed by atoms with E-state index in [-0.39, 0.29) is 17.4 Å². The fourth-order valence-electron chi connectivity index (χ4n) is 2.04. The number of hydrogen-bond acceptors (Lipinski definition) is 7. The molecule has 0 spiro atoms. The highest BCUT2D eigenvalue weighted by Crippen LogP contribution is 2.34. The zero-order valence-electron chi connectivity index (χ0n) is 9.94. The van der Waals surface area contributed by atoms with Crippen molar-refractivity contribution < 1.29 is 14.8 Å². The lowest BCUT2D eigenvalue weighted by Gasteiger charge is -2.30. The number of rotatable bonds is 3. The van der Waals surface area contributed by atoms with Crippen LogP contribution in [0, 0.1) is 10.1 Å². The number of nitro groups is 1. The van der Waals surface area contributed by atoms with Crippen molar-refractivity contribution in [2.45, 2.75) is 18.9 Å². The van der Waals surface area contributed by atoms with Gasteiger partial charge in [-0.1, -0.05) is 0 Å². The Hall–Kier alpha value is -1.96. The van der Waals surface area contributed by atoms with Crippen LogP contribution in [0.3, 0.4) is 0 Å². The fraction of sp³-hybridized carbons (Fsp3) is 0.600. The van der Waals surface area contributed by atoms with E-state index in [4.69, 9.17) is 4.74 Å². The molecule has 1 aromatic rings. The Labute approximate surface area is 103 Å². The maximum Gasteiger partial charge on any atom is 0.372 e. The summed E-state index contributed by atoms with van der Waals surface area (Å²) in [5.41, 5.74) is -0.255. The van der Waals surface area contributed by atoms with E-state index in [1.807, 2.05) is 0 Å². The van der Waals surface area contributed by atoms with Crippen LogP contribution in [0.25, 0.3) is 0 Å². The smallest absolute Gasteiger partial charge is 0.372 e. The minimum Gasteiger partial charge on any atom is -0.476 e. The van der Waals surface area contributed by atoms with E-state index in [1.165, 1.54) is 13.4 Å². The molecule has 1 atom stereocenters. The van der Waals surface area contributed by atoms with Crippen molar-refractivity contribution in [3.8, 4) is 5.88 Å². The number of anilines is 1. The average molecular weight is 254 g/mol. The molecule has 0 unspecified atom stereocenters. The van der Waals surface area contributed by atoms with Crippen molar-refractivity contribution in [3.05, 3.63) is 16.4 Å². The average Bonchev–Trinajstić information content (AvgIpc) is 2.37. The standard InChI is InChI=1S/C10H14N4O4/c1-18-10-8(14(16)17)9(11-6-12-10)13-4-2-3-7(15)5-13/h6-7,15H,2-5H2,1H3/t7-/m0/s1. The Bertz CT molecular complexity index is 454. The van der Waals surface area contributed by atoms with E-state index in [9.17, 15) is 15.2 Å². The van der Waals surface area contributed by atoms with Crippen LogP contribution < -0.4 is 9.64 Å². The minimum atomic E-state index is -0.560. The quantitative estimate of drug-likeness (QED) is 0.613. The molecule has 0 aliphatic carbocycles. The number of hydrogen-bond donors (Lipinski definition) is 1. The van der Waals surface area contributed by atoms with E-state index < -0.39 is 11.0 Å². The molecule has 2 heterocycles. The van der Waals surface area contributed by atoms with E-state index in [2.05, 4.69) is 9.97 Å². The number of aliphatic hydroxyl groups excluding tert-OH is 1. The van der Waals surface area contributed by atoms with Gasteiger partial charge in [-0.3, -0.25) is 10.1 Å². The van der Waals surface area contributed by atoms with Crippen molar-refractivity contribution in [1.29, 1.82) is 0 Å². The maximum atomic E-state index is 11.1. The number of aliphatic hydroxyl groups is 1. The van der Waals surface area contributed by atoms with Gasteiger partial charge < -0.3 is 14.7 Å². The van der Waals surface area contributed by atoms with Gasteiger partial charge in [0.15, 0.2) is 0 Å². The molecule has 1 aliphatic heterocycles. The lowest BCUT2D eigenvalue weighted by atomic mass is 10.1. The van der Waals surface area contributed by atoms with Crippen LogP contribution in [0.1, 0.15) is 12.8 Å². The molecule has 0 bridgehead atoms. The molecule has 0 saturated carbocycles. The Morgan fingerprint density at radius 3 is 3.00 bits per heavy atom. The highest BCUT2D eigenvalue weighted by atomic mass is 16.6. The van der Waals surface area contributed by atoms with Crippen LogP contribution in [0.4, 0.5) is 11.5 Å². The largest absolute Gasteiger partial charge is 0.476 e. The van der Waals surface area contributed by atoms with E-state index in [0.717, 1.165) is 6.42 Å². The van der Waals surface area contributed by atoms with E-state index in [1.54, 1.807) is 4.90 Å². The molecule has 1 N–H and O–H groups in total. The lowest BCUT2D eigenvalue weighted by Crippen LogP contribution is -2.39. The summed E-state index contributed by atoms with van der Waals surface area (Å²) in [6, 6.07) is 0. The van der Waals surface area contributed by atoms with Gasteiger partial charge in [0.2, 0.25) is 5.82 Å². The predicted molar refractivity (Wildman–Crippen MR) is 62.7 cm³/mol. The second-order valence-electron chi connectivity index (χ2n) is 4.05. The van der Waals surface area contributed by atoms with Crippen LogP contribution in [-0.4, -0.2) is 46.3 Å². The van der Waals surface area contributed by atoms with Gasteiger partial charge in [-0.25, -0.2) is 4.98 Å². The molecule has 1 aliphatic rings. The molecule has 0 aromatic carbocycles. The Balaban J connectivity index is 2.40. The van der Waals surface area contributed by atoms with Crippen LogP contribution in [-0.2, 0) is 0 Å².